The smallest absolute Gasteiger partial charge is 0.335 e. The SMILES string of the molecule is COc1cc(C(=O)O)ccc1CCNC(=O)COc1ccc(C)cc1C. The van der Waals surface area contributed by atoms with E-state index in [4.69, 9.17) is 14.6 Å². The monoisotopic (exact) mass is 357 g/mol. The fourth-order valence-corrected chi connectivity index (χ4v) is 2.58. The maximum absolute atomic E-state index is 11.9. The first-order chi connectivity index (χ1) is 12.4. The first-order valence-electron chi connectivity index (χ1n) is 8.27. The molecule has 0 bridgehead atoms. The molecule has 2 rings (SSSR count). The van der Waals surface area contributed by atoms with Gasteiger partial charge in [0.2, 0.25) is 0 Å². The van der Waals surface area contributed by atoms with E-state index in [1.165, 1.54) is 19.2 Å². The van der Waals surface area contributed by atoms with Gasteiger partial charge < -0.3 is 19.9 Å². The number of carboxylic acid groups (broad SMARTS) is 1. The summed E-state index contributed by atoms with van der Waals surface area (Å²) in [6.45, 7) is 4.28. The lowest BCUT2D eigenvalue weighted by atomic mass is 10.1. The van der Waals surface area contributed by atoms with Gasteiger partial charge in [0.05, 0.1) is 12.7 Å². The number of carbonyl (C=O) groups is 2. The van der Waals surface area contributed by atoms with Gasteiger partial charge in [0.25, 0.3) is 5.91 Å². The Kier molecular flexibility index (Phi) is 6.60. The molecule has 2 N–H and O–H groups in total. The number of aryl methyl sites for hydroxylation is 2. The summed E-state index contributed by atoms with van der Waals surface area (Å²) in [5.74, 6) is -0.0415. The second-order valence-corrected chi connectivity index (χ2v) is 5.99. The molecule has 0 radical (unpaired) electrons. The van der Waals surface area contributed by atoms with Crippen LogP contribution in [0.15, 0.2) is 36.4 Å². The van der Waals surface area contributed by atoms with Crippen molar-refractivity contribution in [3.8, 4) is 11.5 Å². The minimum atomic E-state index is -1.01. The van der Waals surface area contributed by atoms with E-state index in [2.05, 4.69) is 5.32 Å². The normalized spacial score (nSPS) is 10.3. The molecule has 138 valence electrons. The molecular weight excluding hydrogens is 334 g/mol. The number of aromatic carboxylic acids is 1. The van der Waals surface area contributed by atoms with Crippen molar-refractivity contribution in [2.24, 2.45) is 0 Å². The second kappa shape index (κ2) is 8.89. The fraction of sp³-hybridized carbons (Fsp3) is 0.300. The van der Waals surface area contributed by atoms with Gasteiger partial charge in [0.15, 0.2) is 6.61 Å². The van der Waals surface area contributed by atoms with Gasteiger partial charge in [-0.1, -0.05) is 23.8 Å². The molecule has 0 aliphatic carbocycles. The number of rotatable bonds is 8. The van der Waals surface area contributed by atoms with Crippen LogP contribution in [0.4, 0.5) is 0 Å². The standard InChI is InChI=1S/C20H23NO5/c1-13-4-7-17(14(2)10-13)26-12-19(22)21-9-8-15-5-6-16(20(23)24)11-18(15)25-3/h4-7,10-11H,8-9,12H2,1-3H3,(H,21,22)(H,23,24). The number of ether oxygens (including phenoxy) is 2. The molecule has 0 aliphatic heterocycles. The minimum Gasteiger partial charge on any atom is -0.496 e. The highest BCUT2D eigenvalue weighted by molar-refractivity contribution is 5.88. The van der Waals surface area contributed by atoms with Crippen molar-refractivity contribution in [3.05, 3.63) is 58.7 Å². The van der Waals surface area contributed by atoms with Crippen LogP contribution in [0.25, 0.3) is 0 Å². The first kappa shape index (κ1) is 19.3. The number of hydrogen-bond donors (Lipinski definition) is 2. The van der Waals surface area contributed by atoms with Crippen LogP contribution >= 0.6 is 0 Å². The van der Waals surface area contributed by atoms with Crippen molar-refractivity contribution in [1.29, 1.82) is 0 Å². The Morgan fingerprint density at radius 2 is 1.85 bits per heavy atom. The largest absolute Gasteiger partial charge is 0.496 e. The minimum absolute atomic E-state index is 0.0566. The summed E-state index contributed by atoms with van der Waals surface area (Å²) in [6.07, 6.45) is 0.526. The third kappa shape index (κ3) is 5.24. The van der Waals surface area contributed by atoms with Crippen LogP contribution in [-0.4, -0.2) is 37.2 Å². The van der Waals surface area contributed by atoms with Gasteiger partial charge in [0, 0.05) is 6.54 Å². The predicted molar refractivity (Wildman–Crippen MR) is 98.1 cm³/mol. The highest BCUT2D eigenvalue weighted by atomic mass is 16.5. The average molecular weight is 357 g/mol. The molecule has 6 nitrogen and oxygen atoms in total. The van der Waals surface area contributed by atoms with Crippen LogP contribution in [0.1, 0.15) is 27.0 Å². The van der Waals surface area contributed by atoms with Crippen molar-refractivity contribution >= 4 is 11.9 Å². The summed E-state index contributed by atoms with van der Waals surface area (Å²) >= 11 is 0. The highest BCUT2D eigenvalue weighted by Crippen LogP contribution is 2.21. The van der Waals surface area contributed by atoms with Gasteiger partial charge in [-0.2, -0.15) is 0 Å². The van der Waals surface area contributed by atoms with Crippen LogP contribution in [0, 0.1) is 13.8 Å². The molecule has 0 saturated heterocycles. The van der Waals surface area contributed by atoms with Gasteiger partial charge in [-0.25, -0.2) is 4.79 Å². The lowest BCUT2D eigenvalue weighted by Gasteiger charge is -2.12. The zero-order valence-corrected chi connectivity index (χ0v) is 15.2. The quantitative estimate of drug-likeness (QED) is 0.759. The molecule has 0 atom stereocenters. The third-order valence-corrected chi connectivity index (χ3v) is 3.94. The maximum Gasteiger partial charge on any atom is 0.335 e. The molecule has 2 aromatic carbocycles. The van der Waals surface area contributed by atoms with Gasteiger partial charge in [0.1, 0.15) is 11.5 Å². The Morgan fingerprint density at radius 3 is 2.50 bits per heavy atom. The highest BCUT2D eigenvalue weighted by Gasteiger charge is 2.10. The Labute approximate surface area is 152 Å². The fourth-order valence-electron chi connectivity index (χ4n) is 2.58. The van der Waals surface area contributed by atoms with Crippen molar-refractivity contribution < 1.29 is 24.2 Å². The Bertz CT molecular complexity index is 801. The lowest BCUT2D eigenvalue weighted by Crippen LogP contribution is -2.30. The van der Waals surface area contributed by atoms with Crippen LogP contribution in [-0.2, 0) is 11.2 Å². The summed E-state index contributed by atoms with van der Waals surface area (Å²) < 4.78 is 10.8. The van der Waals surface area contributed by atoms with Crippen LogP contribution < -0.4 is 14.8 Å². The average Bonchev–Trinajstić information content (AvgIpc) is 2.61. The number of benzene rings is 2. The number of amides is 1. The lowest BCUT2D eigenvalue weighted by molar-refractivity contribution is -0.123. The van der Waals surface area contributed by atoms with E-state index in [1.807, 2.05) is 32.0 Å². The zero-order valence-electron chi connectivity index (χ0n) is 15.2. The number of hydrogen-bond acceptors (Lipinski definition) is 4. The Balaban J connectivity index is 1.83. The van der Waals surface area contributed by atoms with Crippen LogP contribution in [0.5, 0.6) is 11.5 Å². The van der Waals surface area contributed by atoms with E-state index in [0.29, 0.717) is 24.5 Å². The van der Waals surface area contributed by atoms with Crippen molar-refractivity contribution in [2.75, 3.05) is 20.3 Å². The molecule has 0 aliphatic rings. The summed E-state index contributed by atoms with van der Waals surface area (Å²) in [5.41, 5.74) is 3.12. The number of nitrogens with one attached hydrogen (secondary N) is 1. The molecular formula is C20H23NO5. The molecule has 0 spiro atoms. The Hall–Kier alpha value is -3.02. The van der Waals surface area contributed by atoms with Crippen molar-refractivity contribution in [3.63, 3.8) is 0 Å². The summed E-state index contributed by atoms with van der Waals surface area (Å²) in [6, 6.07) is 10.5. The molecule has 6 heteroatoms. The molecule has 0 saturated carbocycles. The molecule has 0 unspecified atom stereocenters. The molecule has 26 heavy (non-hydrogen) atoms. The molecule has 0 aromatic heterocycles. The number of methoxy groups -OCH3 is 1. The van der Waals surface area contributed by atoms with Gasteiger partial charge in [-0.05, 0) is 49.6 Å². The summed E-state index contributed by atoms with van der Waals surface area (Å²) in [7, 11) is 1.49. The zero-order chi connectivity index (χ0) is 19.1. The molecule has 0 heterocycles. The summed E-state index contributed by atoms with van der Waals surface area (Å²) in [4.78, 5) is 22.9. The van der Waals surface area contributed by atoms with Gasteiger partial charge in [-0.15, -0.1) is 0 Å². The van der Waals surface area contributed by atoms with E-state index in [9.17, 15) is 9.59 Å². The van der Waals surface area contributed by atoms with E-state index in [1.54, 1.807) is 6.07 Å². The molecule has 0 fully saturated rings. The first-order valence-corrected chi connectivity index (χ1v) is 8.27. The van der Waals surface area contributed by atoms with Gasteiger partial charge in [-0.3, -0.25) is 4.79 Å². The van der Waals surface area contributed by atoms with Crippen LogP contribution in [0.3, 0.4) is 0 Å². The Morgan fingerprint density at radius 1 is 1.08 bits per heavy atom. The molecule has 2 aromatic rings. The van der Waals surface area contributed by atoms with E-state index in [0.717, 1.165) is 16.7 Å². The predicted octanol–water partition coefficient (Wildman–Crippen LogP) is 2.75. The molecule has 1 amide bonds. The number of carbonyl (C=O) groups excluding carboxylic acids is 1. The van der Waals surface area contributed by atoms with E-state index in [-0.39, 0.29) is 18.1 Å². The van der Waals surface area contributed by atoms with Gasteiger partial charge >= 0.3 is 5.97 Å². The topological polar surface area (TPSA) is 84.9 Å². The van der Waals surface area contributed by atoms with Crippen molar-refractivity contribution in [1.82, 2.24) is 5.32 Å². The van der Waals surface area contributed by atoms with Crippen molar-refractivity contribution in [2.45, 2.75) is 20.3 Å². The summed E-state index contributed by atoms with van der Waals surface area (Å²) in [5, 5.41) is 11.8. The van der Waals surface area contributed by atoms with Crippen LogP contribution in [0.2, 0.25) is 0 Å². The maximum atomic E-state index is 11.9. The second-order valence-electron chi connectivity index (χ2n) is 5.99. The third-order valence-electron chi connectivity index (χ3n) is 3.94. The van der Waals surface area contributed by atoms with E-state index >= 15 is 0 Å². The van der Waals surface area contributed by atoms with E-state index < -0.39 is 5.97 Å². The number of carboxylic acids is 1.